The van der Waals surface area contributed by atoms with E-state index in [0.29, 0.717) is 31.0 Å². The fourth-order valence-corrected chi connectivity index (χ4v) is 6.99. The first-order valence-electron chi connectivity index (χ1n) is 13.9. The average Bonchev–Trinajstić information content (AvgIpc) is 3.57. The molecule has 39 heavy (non-hydrogen) atoms. The lowest BCUT2D eigenvalue weighted by Crippen LogP contribution is -2.41. The highest BCUT2D eigenvalue weighted by molar-refractivity contribution is 5.89. The standard InChI is InChI=1S/C32H33F2N5/c1-6-19-8-7-9-21-24-15-31(4,34)28-23(10-12-35-28)32(24,5)29-22-17-38(13-11-26(22)37-39(29)27(19)21)30-25(33)14-20(16-36-30)18(2)3/h7-10,12,14-16,18,35H,6,11,13,17H2,1-5H3. The summed E-state index contributed by atoms with van der Waals surface area (Å²) in [6.45, 7) is 11.2. The number of rotatable bonds is 3. The number of hydrogen-bond acceptors (Lipinski definition) is 3. The van der Waals surface area contributed by atoms with Crippen LogP contribution in [0.4, 0.5) is 14.6 Å². The zero-order chi connectivity index (χ0) is 27.3. The summed E-state index contributed by atoms with van der Waals surface area (Å²) in [4.78, 5) is 9.78. The molecule has 2 unspecified atom stereocenters. The minimum absolute atomic E-state index is 0.206. The number of allylic oxidation sites excluding steroid dienone is 2. The van der Waals surface area contributed by atoms with Crippen LogP contribution >= 0.6 is 0 Å². The number of pyridine rings is 1. The van der Waals surface area contributed by atoms with Crippen LogP contribution in [0.25, 0.3) is 11.3 Å². The van der Waals surface area contributed by atoms with E-state index in [4.69, 9.17) is 5.10 Å². The van der Waals surface area contributed by atoms with Crippen molar-refractivity contribution in [3.8, 4) is 5.69 Å². The van der Waals surface area contributed by atoms with Crippen molar-refractivity contribution in [1.82, 2.24) is 19.7 Å². The maximum atomic E-state index is 16.2. The number of aromatic amines is 1. The maximum Gasteiger partial charge on any atom is 0.166 e. The van der Waals surface area contributed by atoms with Gasteiger partial charge in [-0.3, -0.25) is 0 Å². The van der Waals surface area contributed by atoms with Gasteiger partial charge in [0.15, 0.2) is 17.3 Å². The summed E-state index contributed by atoms with van der Waals surface area (Å²) >= 11 is 0. The minimum atomic E-state index is -1.63. The van der Waals surface area contributed by atoms with Gasteiger partial charge in [0.25, 0.3) is 0 Å². The smallest absolute Gasteiger partial charge is 0.166 e. The predicted octanol–water partition coefficient (Wildman–Crippen LogP) is 6.88. The van der Waals surface area contributed by atoms with Gasteiger partial charge in [0.05, 0.1) is 28.2 Å². The lowest BCUT2D eigenvalue weighted by molar-refractivity contribution is 0.248. The largest absolute Gasteiger partial charge is 0.362 e. The second-order valence-corrected chi connectivity index (χ2v) is 11.8. The molecule has 3 aromatic heterocycles. The highest BCUT2D eigenvalue weighted by Crippen LogP contribution is 2.58. The Hall–Kier alpha value is -3.74. The Morgan fingerprint density at radius 3 is 2.74 bits per heavy atom. The molecule has 0 saturated heterocycles. The van der Waals surface area contributed by atoms with Crippen LogP contribution in [0.1, 0.15) is 85.4 Å². The Bertz CT molecular complexity index is 1670. The highest BCUT2D eigenvalue weighted by atomic mass is 19.1. The SMILES string of the molecule is CCc1cccc2c1-n1nc3c(c1C1(C)C2=CC(C)(F)c2[nH]ccc21)CN(c1ncc(C(C)C)cc1F)CC3. The predicted molar refractivity (Wildman–Crippen MR) is 150 cm³/mol. The Morgan fingerprint density at radius 1 is 1.18 bits per heavy atom. The van der Waals surface area contributed by atoms with Crippen LogP contribution < -0.4 is 4.90 Å². The van der Waals surface area contributed by atoms with Crippen molar-refractivity contribution < 1.29 is 8.78 Å². The van der Waals surface area contributed by atoms with Gasteiger partial charge >= 0.3 is 0 Å². The molecule has 0 bridgehead atoms. The molecule has 0 spiro atoms. The number of alkyl halides is 1. The van der Waals surface area contributed by atoms with E-state index >= 15 is 8.78 Å². The van der Waals surface area contributed by atoms with E-state index < -0.39 is 11.1 Å². The summed E-state index contributed by atoms with van der Waals surface area (Å²) in [5, 5.41) is 5.20. The van der Waals surface area contributed by atoms with Crippen LogP contribution in [0.15, 0.2) is 48.8 Å². The molecule has 3 aliphatic rings. The third-order valence-electron chi connectivity index (χ3n) is 9.05. The van der Waals surface area contributed by atoms with Gasteiger partial charge in [-0.05, 0) is 66.7 Å². The number of aryl methyl sites for hydroxylation is 1. The van der Waals surface area contributed by atoms with Crippen molar-refractivity contribution in [3.05, 3.63) is 99.5 Å². The first-order chi connectivity index (χ1) is 18.6. The van der Waals surface area contributed by atoms with Gasteiger partial charge in [0.2, 0.25) is 0 Å². The normalized spacial score (nSPS) is 23.1. The molecule has 5 heterocycles. The van der Waals surface area contributed by atoms with E-state index in [1.807, 2.05) is 31.0 Å². The monoisotopic (exact) mass is 525 g/mol. The fraction of sp³-hybridized carbons (Fsp3) is 0.375. The van der Waals surface area contributed by atoms with Gasteiger partial charge < -0.3 is 9.88 Å². The van der Waals surface area contributed by atoms with Gasteiger partial charge in [0, 0.05) is 43.0 Å². The number of nitrogens with one attached hydrogen (secondary N) is 1. The van der Waals surface area contributed by atoms with Crippen molar-refractivity contribution >= 4 is 11.4 Å². The van der Waals surface area contributed by atoms with Gasteiger partial charge in [-0.1, -0.05) is 39.0 Å². The summed E-state index contributed by atoms with van der Waals surface area (Å²) in [5.74, 6) is 0.284. The summed E-state index contributed by atoms with van der Waals surface area (Å²) in [6.07, 6.45) is 6.93. The van der Waals surface area contributed by atoms with E-state index in [2.05, 4.69) is 46.7 Å². The minimum Gasteiger partial charge on any atom is -0.362 e. The number of benzene rings is 1. The molecule has 7 heteroatoms. The van der Waals surface area contributed by atoms with Gasteiger partial charge in [-0.15, -0.1) is 0 Å². The topological polar surface area (TPSA) is 49.7 Å². The molecule has 2 aliphatic heterocycles. The molecule has 1 aromatic carbocycles. The number of para-hydroxylation sites is 1. The number of halogens is 2. The number of fused-ring (bicyclic) bond motifs is 10. The Morgan fingerprint density at radius 2 is 2.00 bits per heavy atom. The van der Waals surface area contributed by atoms with E-state index in [1.54, 1.807) is 25.3 Å². The quantitative estimate of drug-likeness (QED) is 0.317. The third kappa shape index (κ3) is 3.22. The van der Waals surface area contributed by atoms with Crippen LogP contribution in [0.2, 0.25) is 0 Å². The van der Waals surface area contributed by atoms with Crippen molar-refractivity contribution in [2.75, 3.05) is 11.4 Å². The van der Waals surface area contributed by atoms with Crippen LogP contribution in [0.3, 0.4) is 0 Å². The first-order valence-corrected chi connectivity index (χ1v) is 13.9. The molecule has 0 radical (unpaired) electrons. The Kier molecular flexibility index (Phi) is 5.07. The van der Waals surface area contributed by atoms with E-state index in [9.17, 15) is 0 Å². The fourth-order valence-electron chi connectivity index (χ4n) is 6.99. The molecular weight excluding hydrogens is 492 g/mol. The molecular formula is C32H33F2N5. The molecule has 0 amide bonds. The average molecular weight is 526 g/mol. The number of hydrogen-bond donors (Lipinski definition) is 1. The van der Waals surface area contributed by atoms with Crippen LogP contribution in [0.5, 0.6) is 0 Å². The summed E-state index contributed by atoms with van der Waals surface area (Å²) < 4.78 is 33.6. The molecule has 7 rings (SSSR count). The molecule has 1 N–H and O–H groups in total. The van der Waals surface area contributed by atoms with Gasteiger partial charge in [-0.25, -0.2) is 18.4 Å². The first kappa shape index (κ1) is 24.3. The molecule has 0 saturated carbocycles. The van der Waals surface area contributed by atoms with Crippen molar-refractivity contribution in [2.24, 2.45) is 0 Å². The van der Waals surface area contributed by atoms with Crippen molar-refractivity contribution in [2.45, 2.75) is 71.0 Å². The zero-order valence-electron chi connectivity index (χ0n) is 23.1. The van der Waals surface area contributed by atoms with Gasteiger partial charge in [0.1, 0.15) is 0 Å². The number of nitrogens with zero attached hydrogens (tertiary/aromatic N) is 4. The third-order valence-corrected chi connectivity index (χ3v) is 9.05. The summed E-state index contributed by atoms with van der Waals surface area (Å²) in [5.41, 5.74) is 7.45. The molecule has 0 fully saturated rings. The van der Waals surface area contributed by atoms with Crippen molar-refractivity contribution in [1.29, 1.82) is 0 Å². The lowest BCUT2D eigenvalue weighted by atomic mass is 9.62. The molecule has 2 atom stereocenters. The van der Waals surface area contributed by atoms with E-state index in [0.717, 1.165) is 51.3 Å². The second kappa shape index (κ2) is 8.13. The van der Waals surface area contributed by atoms with Crippen LogP contribution in [0, 0.1) is 5.82 Å². The number of aromatic nitrogens is 4. The number of H-pyrrole nitrogens is 1. The molecule has 5 nitrogen and oxygen atoms in total. The highest BCUT2D eigenvalue weighted by Gasteiger charge is 2.52. The Balaban J connectivity index is 1.47. The van der Waals surface area contributed by atoms with Crippen LogP contribution in [-0.4, -0.2) is 26.3 Å². The van der Waals surface area contributed by atoms with Crippen molar-refractivity contribution in [3.63, 3.8) is 0 Å². The second-order valence-electron chi connectivity index (χ2n) is 11.8. The van der Waals surface area contributed by atoms with Crippen LogP contribution in [-0.2, 0) is 30.5 Å². The lowest BCUT2D eigenvalue weighted by Gasteiger charge is -2.44. The summed E-state index contributed by atoms with van der Waals surface area (Å²) in [7, 11) is 0. The molecule has 1 aliphatic carbocycles. The summed E-state index contributed by atoms with van der Waals surface area (Å²) in [6, 6.07) is 9.90. The zero-order valence-corrected chi connectivity index (χ0v) is 23.1. The molecule has 200 valence electrons. The van der Waals surface area contributed by atoms with E-state index in [1.165, 1.54) is 5.56 Å². The Labute approximate surface area is 227 Å². The van der Waals surface area contributed by atoms with Gasteiger partial charge in [-0.2, -0.15) is 5.10 Å². The van der Waals surface area contributed by atoms with E-state index in [-0.39, 0.29) is 11.7 Å². The number of anilines is 1. The maximum absolute atomic E-state index is 16.2. The molecule has 4 aromatic rings.